The molecule has 2 aromatic carbocycles. The molecular formula is C29H36N2O3. The van der Waals surface area contributed by atoms with Gasteiger partial charge in [-0.25, -0.2) is 0 Å². The molecule has 5 heteroatoms. The van der Waals surface area contributed by atoms with Gasteiger partial charge in [0.1, 0.15) is 5.58 Å². The minimum Gasteiger partial charge on any atom is -0.451 e. The molecule has 1 aliphatic heterocycles. The number of fused-ring (bicyclic) bond motifs is 1. The van der Waals surface area contributed by atoms with Crippen molar-refractivity contribution in [3.8, 4) is 0 Å². The Kier molecular flexibility index (Phi) is 7.22. The Bertz CT molecular complexity index is 1200. The van der Waals surface area contributed by atoms with Crippen LogP contribution in [0.5, 0.6) is 0 Å². The first-order chi connectivity index (χ1) is 16.3. The number of piperidine rings is 1. The molecular weight excluding hydrogens is 424 g/mol. The summed E-state index contributed by atoms with van der Waals surface area (Å²) in [5, 5.41) is 3.56. The molecule has 0 unspecified atom stereocenters. The Morgan fingerprint density at radius 3 is 2.38 bits per heavy atom. The monoisotopic (exact) mass is 460 g/mol. The summed E-state index contributed by atoms with van der Waals surface area (Å²) in [5.41, 5.74) is 3.91. The molecule has 2 heterocycles. The van der Waals surface area contributed by atoms with Gasteiger partial charge in [-0.3, -0.25) is 14.5 Å². The third-order valence-electron chi connectivity index (χ3n) is 6.87. The van der Waals surface area contributed by atoms with Crippen LogP contribution >= 0.6 is 0 Å². The van der Waals surface area contributed by atoms with Gasteiger partial charge in [-0.15, -0.1) is 0 Å². The molecule has 180 valence electrons. The van der Waals surface area contributed by atoms with E-state index in [1.807, 2.05) is 19.1 Å². The number of likely N-dealkylation sites (tertiary alicyclic amines) is 1. The SMILES string of the molecule is CCc1ccc2oc(C(=O)NC[C@H](c3ccc(C(C)(C)C)cc3)N3CCCCC3)cc(=O)c2c1. The van der Waals surface area contributed by atoms with Crippen molar-refractivity contribution < 1.29 is 9.21 Å². The van der Waals surface area contributed by atoms with Crippen molar-refractivity contribution in [3.63, 3.8) is 0 Å². The van der Waals surface area contributed by atoms with Crippen LogP contribution in [0, 0.1) is 0 Å². The smallest absolute Gasteiger partial charge is 0.287 e. The summed E-state index contributed by atoms with van der Waals surface area (Å²) in [4.78, 5) is 28.1. The van der Waals surface area contributed by atoms with E-state index in [4.69, 9.17) is 4.42 Å². The Morgan fingerprint density at radius 1 is 1.03 bits per heavy atom. The molecule has 34 heavy (non-hydrogen) atoms. The molecule has 1 atom stereocenters. The maximum atomic E-state index is 13.0. The molecule has 0 spiro atoms. The Balaban J connectivity index is 1.55. The van der Waals surface area contributed by atoms with Gasteiger partial charge < -0.3 is 9.73 Å². The van der Waals surface area contributed by atoms with Gasteiger partial charge in [-0.1, -0.05) is 64.4 Å². The lowest BCUT2D eigenvalue weighted by atomic mass is 9.86. The molecule has 5 nitrogen and oxygen atoms in total. The number of hydrogen-bond acceptors (Lipinski definition) is 4. The Hall–Kier alpha value is -2.92. The molecule has 0 bridgehead atoms. The number of carbonyl (C=O) groups is 1. The predicted octanol–water partition coefficient (Wildman–Crippen LogP) is 5.61. The quantitative estimate of drug-likeness (QED) is 0.519. The fourth-order valence-corrected chi connectivity index (χ4v) is 4.70. The summed E-state index contributed by atoms with van der Waals surface area (Å²) >= 11 is 0. The predicted molar refractivity (Wildman–Crippen MR) is 138 cm³/mol. The summed E-state index contributed by atoms with van der Waals surface area (Å²) in [6.07, 6.45) is 4.43. The number of carbonyl (C=O) groups excluding carboxylic acids is 1. The van der Waals surface area contributed by atoms with E-state index in [1.54, 1.807) is 6.07 Å². The van der Waals surface area contributed by atoms with Crippen LogP contribution in [0.25, 0.3) is 11.0 Å². The van der Waals surface area contributed by atoms with Crippen molar-refractivity contribution in [2.45, 2.75) is 64.8 Å². The van der Waals surface area contributed by atoms with Crippen LogP contribution in [0.2, 0.25) is 0 Å². The first-order valence-corrected chi connectivity index (χ1v) is 12.5. The second kappa shape index (κ2) is 10.1. The number of hydrogen-bond donors (Lipinski definition) is 1. The van der Waals surface area contributed by atoms with Crippen molar-refractivity contribution in [2.24, 2.45) is 0 Å². The lowest BCUT2D eigenvalue weighted by molar-refractivity contribution is 0.0897. The topological polar surface area (TPSA) is 62.6 Å². The van der Waals surface area contributed by atoms with Gasteiger partial charge in [0.05, 0.1) is 11.4 Å². The van der Waals surface area contributed by atoms with Crippen molar-refractivity contribution in [1.29, 1.82) is 0 Å². The van der Waals surface area contributed by atoms with Crippen LogP contribution in [0.3, 0.4) is 0 Å². The zero-order valence-electron chi connectivity index (χ0n) is 20.8. The number of benzene rings is 2. The molecule has 1 fully saturated rings. The number of amides is 1. The highest BCUT2D eigenvalue weighted by Gasteiger charge is 2.24. The van der Waals surface area contributed by atoms with Crippen LogP contribution in [0.1, 0.15) is 80.2 Å². The molecule has 0 saturated carbocycles. The molecule has 1 saturated heterocycles. The maximum absolute atomic E-state index is 13.0. The van der Waals surface area contributed by atoms with Gasteiger partial charge in [0.25, 0.3) is 5.91 Å². The van der Waals surface area contributed by atoms with Crippen molar-refractivity contribution >= 4 is 16.9 Å². The van der Waals surface area contributed by atoms with Crippen LogP contribution in [0.4, 0.5) is 0 Å². The molecule has 3 aromatic rings. The van der Waals surface area contributed by atoms with E-state index in [-0.39, 0.29) is 28.6 Å². The van der Waals surface area contributed by atoms with Gasteiger partial charge in [0, 0.05) is 12.6 Å². The summed E-state index contributed by atoms with van der Waals surface area (Å²) in [7, 11) is 0. The van der Waals surface area contributed by atoms with E-state index in [0.29, 0.717) is 17.5 Å². The number of nitrogens with one attached hydrogen (secondary N) is 1. The normalized spacial score (nSPS) is 15.9. The van der Waals surface area contributed by atoms with Crippen LogP contribution in [-0.2, 0) is 11.8 Å². The molecule has 1 aromatic heterocycles. The Labute approximate surface area is 202 Å². The van der Waals surface area contributed by atoms with Crippen LogP contribution < -0.4 is 10.7 Å². The minimum absolute atomic E-state index is 0.0576. The molecule has 1 aliphatic rings. The van der Waals surface area contributed by atoms with Gasteiger partial charge in [0.15, 0.2) is 11.2 Å². The van der Waals surface area contributed by atoms with Gasteiger partial charge in [0.2, 0.25) is 0 Å². The second-order valence-corrected chi connectivity index (χ2v) is 10.4. The van der Waals surface area contributed by atoms with Crippen molar-refractivity contribution in [2.75, 3.05) is 19.6 Å². The average Bonchev–Trinajstić information content (AvgIpc) is 2.84. The first kappa shape index (κ1) is 24.2. The van der Waals surface area contributed by atoms with Crippen LogP contribution in [-0.4, -0.2) is 30.4 Å². The largest absolute Gasteiger partial charge is 0.451 e. The fraction of sp³-hybridized carbons (Fsp3) is 0.448. The molecule has 0 aliphatic carbocycles. The molecule has 1 N–H and O–H groups in total. The Morgan fingerprint density at radius 2 is 1.74 bits per heavy atom. The fourth-order valence-electron chi connectivity index (χ4n) is 4.70. The van der Waals surface area contributed by atoms with E-state index in [2.05, 4.69) is 55.3 Å². The molecule has 1 amide bonds. The van der Waals surface area contributed by atoms with Gasteiger partial charge in [-0.2, -0.15) is 0 Å². The number of rotatable bonds is 6. The summed E-state index contributed by atoms with van der Waals surface area (Å²) in [6, 6.07) is 15.7. The van der Waals surface area contributed by atoms with Gasteiger partial charge in [-0.05, 0) is 66.6 Å². The third-order valence-corrected chi connectivity index (χ3v) is 6.87. The number of aryl methyl sites for hydroxylation is 1. The van der Waals surface area contributed by atoms with E-state index in [1.165, 1.54) is 36.5 Å². The van der Waals surface area contributed by atoms with Crippen molar-refractivity contribution in [3.05, 3.63) is 81.2 Å². The highest BCUT2D eigenvalue weighted by atomic mass is 16.3. The third kappa shape index (κ3) is 5.41. The summed E-state index contributed by atoms with van der Waals surface area (Å²) in [5.74, 6) is -0.297. The average molecular weight is 461 g/mol. The number of nitrogens with zero attached hydrogens (tertiary/aromatic N) is 1. The lowest BCUT2D eigenvalue weighted by Crippen LogP contribution is -2.40. The molecule has 4 rings (SSSR count). The van der Waals surface area contributed by atoms with E-state index < -0.39 is 0 Å². The maximum Gasteiger partial charge on any atom is 0.287 e. The zero-order valence-corrected chi connectivity index (χ0v) is 20.8. The van der Waals surface area contributed by atoms with E-state index in [0.717, 1.165) is 25.1 Å². The van der Waals surface area contributed by atoms with E-state index in [9.17, 15) is 9.59 Å². The van der Waals surface area contributed by atoms with E-state index >= 15 is 0 Å². The second-order valence-electron chi connectivity index (χ2n) is 10.4. The first-order valence-electron chi connectivity index (χ1n) is 12.5. The summed E-state index contributed by atoms with van der Waals surface area (Å²) in [6.45, 7) is 11.2. The highest BCUT2D eigenvalue weighted by Crippen LogP contribution is 2.28. The minimum atomic E-state index is -0.355. The molecule has 0 radical (unpaired) electrons. The van der Waals surface area contributed by atoms with Crippen LogP contribution in [0.15, 0.2) is 57.7 Å². The zero-order chi connectivity index (χ0) is 24.3. The highest BCUT2D eigenvalue weighted by molar-refractivity contribution is 5.93. The standard InChI is InChI=1S/C29H36N2O3/c1-5-20-9-14-26-23(17-20)25(32)18-27(34-26)28(33)30-19-24(31-15-7-6-8-16-31)21-10-12-22(13-11-21)29(2,3)4/h9-14,17-18,24H,5-8,15-16,19H2,1-4H3,(H,30,33)/t24-/m1/s1. The van der Waals surface area contributed by atoms with Gasteiger partial charge >= 0.3 is 0 Å². The summed E-state index contributed by atoms with van der Waals surface area (Å²) < 4.78 is 5.81. The lowest BCUT2D eigenvalue weighted by Gasteiger charge is -2.35. The van der Waals surface area contributed by atoms with Crippen molar-refractivity contribution in [1.82, 2.24) is 10.2 Å².